The van der Waals surface area contributed by atoms with Gasteiger partial charge in [0.25, 0.3) is 0 Å². The third kappa shape index (κ3) is 3.76. The Kier molecular flexibility index (Phi) is 6.03. The van der Waals surface area contributed by atoms with E-state index >= 15 is 0 Å². The van der Waals surface area contributed by atoms with Gasteiger partial charge in [0.15, 0.2) is 0 Å². The fraction of sp³-hybridized carbons (Fsp3) is 0.875. The number of rotatable bonds is 8. The monoisotopic (exact) mass is 298 g/mol. The van der Waals surface area contributed by atoms with Gasteiger partial charge in [-0.25, -0.2) is 0 Å². The van der Waals surface area contributed by atoms with Gasteiger partial charge in [-0.3, -0.25) is 9.59 Å². The highest BCUT2D eigenvalue weighted by molar-refractivity contribution is 5.84. The number of fused-ring (bicyclic) bond motifs is 2. The lowest BCUT2D eigenvalue weighted by atomic mass is 9.79. The molecule has 21 heavy (non-hydrogen) atoms. The van der Waals surface area contributed by atoms with Gasteiger partial charge in [0.1, 0.15) is 0 Å². The van der Waals surface area contributed by atoms with Crippen molar-refractivity contribution in [3.8, 4) is 0 Å². The van der Waals surface area contributed by atoms with E-state index in [0.717, 1.165) is 38.5 Å². The number of esters is 2. The first-order chi connectivity index (χ1) is 10.2. The zero-order valence-electron chi connectivity index (χ0n) is 13.0. The van der Waals surface area contributed by atoms with Crippen molar-refractivity contribution in [1.29, 1.82) is 0 Å². The maximum Gasteiger partial charge on any atom is 0.312 e. The summed E-state index contributed by atoms with van der Waals surface area (Å²) in [6.07, 6.45) is 4.96. The van der Waals surface area contributed by atoms with Gasteiger partial charge in [-0.05, 0) is 25.7 Å². The molecule has 2 bridgehead atoms. The van der Waals surface area contributed by atoms with Crippen LogP contribution in [0.1, 0.15) is 52.4 Å². The quantitative estimate of drug-likeness (QED) is 0.509. The molecule has 5 heteroatoms. The van der Waals surface area contributed by atoms with E-state index in [4.69, 9.17) is 14.2 Å². The summed E-state index contributed by atoms with van der Waals surface area (Å²) in [5.74, 6) is -1.55. The fourth-order valence-corrected chi connectivity index (χ4v) is 3.10. The molecule has 2 heterocycles. The van der Waals surface area contributed by atoms with E-state index in [9.17, 15) is 9.59 Å². The van der Waals surface area contributed by atoms with E-state index in [0.29, 0.717) is 13.2 Å². The smallest absolute Gasteiger partial charge is 0.312 e. The second-order valence-corrected chi connectivity index (χ2v) is 5.88. The summed E-state index contributed by atoms with van der Waals surface area (Å²) in [6.45, 7) is 4.92. The second-order valence-electron chi connectivity index (χ2n) is 5.88. The van der Waals surface area contributed by atoms with Crippen LogP contribution in [0.5, 0.6) is 0 Å². The highest BCUT2D eigenvalue weighted by Crippen LogP contribution is 2.44. The standard InChI is InChI=1S/C16H26O5/c1-3-5-9-19-15(17)13-11-7-8-12(21-11)14(13)16(18)20-10-6-4-2/h11-14H,3-10H2,1-2H3/t11-,12-,13?,14?/m1/s1. The Morgan fingerprint density at radius 1 is 0.905 bits per heavy atom. The van der Waals surface area contributed by atoms with Crippen molar-refractivity contribution < 1.29 is 23.8 Å². The van der Waals surface area contributed by atoms with Crippen LogP contribution in [0.4, 0.5) is 0 Å². The van der Waals surface area contributed by atoms with E-state index < -0.39 is 11.8 Å². The van der Waals surface area contributed by atoms with Gasteiger partial charge >= 0.3 is 11.9 Å². The van der Waals surface area contributed by atoms with E-state index in [1.54, 1.807) is 0 Å². The van der Waals surface area contributed by atoms with Crippen LogP contribution in [0, 0.1) is 11.8 Å². The Balaban J connectivity index is 1.93. The first kappa shape index (κ1) is 16.3. The number of carbonyl (C=O) groups excluding carboxylic acids is 2. The topological polar surface area (TPSA) is 61.8 Å². The van der Waals surface area contributed by atoms with Crippen LogP contribution >= 0.6 is 0 Å². The molecule has 2 unspecified atom stereocenters. The van der Waals surface area contributed by atoms with Crippen molar-refractivity contribution in [2.75, 3.05) is 13.2 Å². The first-order valence-electron chi connectivity index (χ1n) is 8.17. The summed E-state index contributed by atoms with van der Waals surface area (Å²) in [6, 6.07) is 0. The summed E-state index contributed by atoms with van der Waals surface area (Å²) in [7, 11) is 0. The van der Waals surface area contributed by atoms with Gasteiger partial charge in [-0.2, -0.15) is 0 Å². The van der Waals surface area contributed by atoms with Crippen LogP contribution in [0.3, 0.4) is 0 Å². The molecule has 0 N–H and O–H groups in total. The lowest BCUT2D eigenvalue weighted by molar-refractivity contribution is -0.161. The number of unbranched alkanes of at least 4 members (excludes halogenated alkanes) is 2. The third-order valence-electron chi connectivity index (χ3n) is 4.30. The Morgan fingerprint density at radius 2 is 1.33 bits per heavy atom. The highest BCUT2D eigenvalue weighted by atomic mass is 16.6. The van der Waals surface area contributed by atoms with Crippen molar-refractivity contribution in [2.45, 2.75) is 64.6 Å². The van der Waals surface area contributed by atoms with Crippen LogP contribution in [0.2, 0.25) is 0 Å². The number of hydrogen-bond donors (Lipinski definition) is 0. The lowest BCUT2D eigenvalue weighted by Gasteiger charge is -2.24. The minimum absolute atomic E-state index is 0.173. The summed E-state index contributed by atoms with van der Waals surface area (Å²) < 4.78 is 16.3. The molecule has 0 aromatic rings. The van der Waals surface area contributed by atoms with Gasteiger partial charge in [0, 0.05) is 0 Å². The number of carbonyl (C=O) groups is 2. The molecule has 0 saturated carbocycles. The maximum absolute atomic E-state index is 12.2. The zero-order valence-corrected chi connectivity index (χ0v) is 13.0. The van der Waals surface area contributed by atoms with Gasteiger partial charge in [-0.1, -0.05) is 26.7 Å². The fourth-order valence-electron chi connectivity index (χ4n) is 3.10. The van der Waals surface area contributed by atoms with E-state index in [2.05, 4.69) is 0 Å². The summed E-state index contributed by atoms with van der Waals surface area (Å²) in [5, 5.41) is 0. The van der Waals surface area contributed by atoms with Gasteiger partial charge in [0.2, 0.25) is 0 Å². The predicted octanol–water partition coefficient (Wildman–Crippen LogP) is 2.47. The average molecular weight is 298 g/mol. The molecule has 5 nitrogen and oxygen atoms in total. The zero-order chi connectivity index (χ0) is 15.2. The van der Waals surface area contributed by atoms with Crippen LogP contribution in [0.25, 0.3) is 0 Å². The molecule has 2 saturated heterocycles. The van der Waals surface area contributed by atoms with Gasteiger partial charge in [-0.15, -0.1) is 0 Å². The molecule has 0 radical (unpaired) electrons. The van der Waals surface area contributed by atoms with E-state index in [-0.39, 0.29) is 24.1 Å². The summed E-state index contributed by atoms with van der Waals surface area (Å²) in [5.41, 5.74) is 0. The van der Waals surface area contributed by atoms with Crippen LogP contribution in [-0.2, 0) is 23.8 Å². The largest absolute Gasteiger partial charge is 0.465 e. The predicted molar refractivity (Wildman–Crippen MR) is 76.6 cm³/mol. The van der Waals surface area contributed by atoms with Crippen LogP contribution in [0.15, 0.2) is 0 Å². The molecule has 4 atom stereocenters. The Bertz CT molecular complexity index is 334. The molecule has 0 spiro atoms. The van der Waals surface area contributed by atoms with E-state index in [1.165, 1.54) is 0 Å². The highest BCUT2D eigenvalue weighted by Gasteiger charge is 2.56. The Labute approximate surface area is 126 Å². The molecule has 0 amide bonds. The number of ether oxygens (including phenoxy) is 3. The van der Waals surface area contributed by atoms with Crippen molar-refractivity contribution >= 4 is 11.9 Å². The van der Waals surface area contributed by atoms with Crippen LogP contribution in [-0.4, -0.2) is 37.4 Å². The van der Waals surface area contributed by atoms with Crippen molar-refractivity contribution in [3.63, 3.8) is 0 Å². The molecular weight excluding hydrogens is 272 g/mol. The van der Waals surface area contributed by atoms with E-state index in [1.807, 2.05) is 13.8 Å². The van der Waals surface area contributed by atoms with Crippen molar-refractivity contribution in [3.05, 3.63) is 0 Å². The molecule has 2 aliphatic rings. The van der Waals surface area contributed by atoms with Crippen molar-refractivity contribution in [1.82, 2.24) is 0 Å². The van der Waals surface area contributed by atoms with Gasteiger partial charge in [0.05, 0.1) is 37.3 Å². The Morgan fingerprint density at radius 3 is 1.71 bits per heavy atom. The van der Waals surface area contributed by atoms with Crippen LogP contribution < -0.4 is 0 Å². The number of hydrogen-bond acceptors (Lipinski definition) is 5. The molecule has 0 aromatic heterocycles. The minimum Gasteiger partial charge on any atom is -0.465 e. The molecule has 2 aliphatic heterocycles. The second kappa shape index (κ2) is 7.78. The third-order valence-corrected chi connectivity index (χ3v) is 4.30. The maximum atomic E-state index is 12.2. The molecule has 0 aromatic carbocycles. The molecule has 2 fully saturated rings. The first-order valence-corrected chi connectivity index (χ1v) is 8.17. The normalized spacial score (nSPS) is 30.4. The summed E-state index contributed by atoms with van der Waals surface area (Å²) in [4.78, 5) is 24.5. The SMILES string of the molecule is CCCCOC(=O)C1C(C(=O)OCCCC)[C@H]2CC[C@H]1O2. The lowest BCUT2D eigenvalue weighted by Crippen LogP contribution is -2.40. The van der Waals surface area contributed by atoms with Crippen molar-refractivity contribution in [2.24, 2.45) is 11.8 Å². The molecule has 2 rings (SSSR count). The minimum atomic E-state index is -0.477. The summed E-state index contributed by atoms with van der Waals surface area (Å²) >= 11 is 0. The molecule has 120 valence electrons. The molecule has 0 aliphatic carbocycles. The van der Waals surface area contributed by atoms with Gasteiger partial charge < -0.3 is 14.2 Å². The molecular formula is C16H26O5. The Hall–Kier alpha value is -1.10. The average Bonchev–Trinajstić information content (AvgIpc) is 3.08.